The van der Waals surface area contributed by atoms with E-state index in [2.05, 4.69) is 0 Å². The molecule has 0 aliphatic heterocycles. The molecule has 0 radical (unpaired) electrons. The summed E-state index contributed by atoms with van der Waals surface area (Å²) in [6, 6.07) is 5.05. The average molecular weight is 182 g/mol. The number of hydrogen-bond donors (Lipinski definition) is 2. The maximum atomic E-state index is 8.56. The molecule has 0 amide bonds. The molecular weight excluding hydrogens is 171 g/mol. The van der Waals surface area contributed by atoms with Crippen LogP contribution in [0.1, 0.15) is 5.56 Å². The van der Waals surface area contributed by atoms with Crippen LogP contribution in [0.2, 0.25) is 0 Å². The van der Waals surface area contributed by atoms with E-state index in [0.29, 0.717) is 11.5 Å². The molecule has 0 heterocycles. The van der Waals surface area contributed by atoms with Crippen molar-refractivity contribution in [3.05, 3.63) is 23.8 Å². The van der Waals surface area contributed by atoms with Gasteiger partial charge in [0.2, 0.25) is 0 Å². The van der Waals surface area contributed by atoms with Gasteiger partial charge in [0.05, 0.1) is 7.11 Å². The van der Waals surface area contributed by atoms with Gasteiger partial charge >= 0.3 is 7.32 Å². The van der Waals surface area contributed by atoms with E-state index < -0.39 is 7.32 Å². The molecule has 0 aromatic heterocycles. The number of rotatable bonds is 3. The van der Waals surface area contributed by atoms with Gasteiger partial charge in [-0.05, 0) is 30.7 Å². The first-order valence-electron chi connectivity index (χ1n) is 3.81. The van der Waals surface area contributed by atoms with E-state index in [1.807, 2.05) is 0 Å². The fraction of sp³-hybridized carbons (Fsp3) is 0.250. The Labute approximate surface area is 76.9 Å². The summed E-state index contributed by atoms with van der Waals surface area (Å²) < 4.78 is 9.67. The molecule has 5 heteroatoms. The minimum Gasteiger partial charge on any atom is -0.512 e. The summed E-state index contributed by atoms with van der Waals surface area (Å²) in [6.45, 7) is 1.79. The highest BCUT2D eigenvalue weighted by Crippen LogP contribution is 2.22. The van der Waals surface area contributed by atoms with E-state index in [1.165, 1.54) is 0 Å². The lowest BCUT2D eigenvalue weighted by atomic mass is 10.2. The van der Waals surface area contributed by atoms with Crippen molar-refractivity contribution in [1.29, 1.82) is 0 Å². The first kappa shape index (κ1) is 9.89. The standard InChI is InChI=1S/C8H11BO4/c1-6-5-7(12-2)3-4-8(6)13-9(10)11/h3-5,10-11H,1-2H3. The fourth-order valence-corrected chi connectivity index (χ4v) is 0.995. The topological polar surface area (TPSA) is 58.9 Å². The van der Waals surface area contributed by atoms with Crippen molar-refractivity contribution in [2.45, 2.75) is 6.92 Å². The molecule has 1 aromatic rings. The summed E-state index contributed by atoms with van der Waals surface area (Å²) in [5.41, 5.74) is 0.785. The highest BCUT2D eigenvalue weighted by molar-refractivity contribution is 6.33. The van der Waals surface area contributed by atoms with Crippen LogP contribution in [-0.2, 0) is 0 Å². The minimum absolute atomic E-state index is 0.427. The quantitative estimate of drug-likeness (QED) is 0.662. The van der Waals surface area contributed by atoms with Gasteiger partial charge in [-0.1, -0.05) is 0 Å². The fourth-order valence-electron chi connectivity index (χ4n) is 0.995. The average Bonchev–Trinajstić information content (AvgIpc) is 2.08. The van der Waals surface area contributed by atoms with Crippen LogP contribution in [0.25, 0.3) is 0 Å². The summed E-state index contributed by atoms with van der Waals surface area (Å²) in [4.78, 5) is 0. The molecule has 0 unspecified atom stereocenters. The van der Waals surface area contributed by atoms with Crippen molar-refractivity contribution in [3.8, 4) is 11.5 Å². The Kier molecular flexibility index (Phi) is 3.16. The molecule has 0 saturated heterocycles. The van der Waals surface area contributed by atoms with Gasteiger partial charge in [0, 0.05) is 0 Å². The van der Waals surface area contributed by atoms with E-state index in [-0.39, 0.29) is 0 Å². The highest BCUT2D eigenvalue weighted by atomic mass is 16.6. The molecule has 0 aliphatic rings. The Bertz CT molecular complexity index is 287. The van der Waals surface area contributed by atoms with Gasteiger partial charge in [0.1, 0.15) is 11.5 Å². The van der Waals surface area contributed by atoms with E-state index >= 15 is 0 Å². The lowest BCUT2D eigenvalue weighted by molar-refractivity contribution is 0.287. The molecule has 2 N–H and O–H groups in total. The van der Waals surface area contributed by atoms with E-state index in [9.17, 15) is 0 Å². The second kappa shape index (κ2) is 4.16. The summed E-state index contributed by atoms with van der Waals surface area (Å²) in [6.07, 6.45) is 0. The normalized spacial score (nSPS) is 9.54. The van der Waals surface area contributed by atoms with Crippen molar-refractivity contribution in [2.24, 2.45) is 0 Å². The maximum Gasteiger partial charge on any atom is 0.707 e. The first-order chi connectivity index (χ1) is 6.13. The van der Waals surface area contributed by atoms with Crippen LogP contribution in [0, 0.1) is 6.92 Å². The summed E-state index contributed by atoms with van der Waals surface area (Å²) >= 11 is 0. The Morgan fingerprint density at radius 1 is 1.31 bits per heavy atom. The first-order valence-corrected chi connectivity index (χ1v) is 3.81. The van der Waals surface area contributed by atoms with E-state index in [4.69, 9.17) is 19.4 Å². The Morgan fingerprint density at radius 3 is 2.46 bits per heavy atom. The van der Waals surface area contributed by atoms with Gasteiger partial charge in [-0.3, -0.25) is 0 Å². The summed E-state index contributed by atoms with van der Waals surface area (Å²) in [7, 11) is -0.219. The third kappa shape index (κ3) is 2.64. The van der Waals surface area contributed by atoms with Crippen molar-refractivity contribution >= 4 is 7.32 Å². The largest absolute Gasteiger partial charge is 0.707 e. The number of ether oxygens (including phenoxy) is 1. The lowest BCUT2D eigenvalue weighted by Gasteiger charge is -2.09. The monoisotopic (exact) mass is 182 g/mol. The van der Waals surface area contributed by atoms with Crippen LogP contribution in [0.5, 0.6) is 11.5 Å². The molecule has 70 valence electrons. The van der Waals surface area contributed by atoms with Crippen LogP contribution in [0.4, 0.5) is 0 Å². The van der Waals surface area contributed by atoms with Crippen molar-refractivity contribution in [3.63, 3.8) is 0 Å². The molecule has 0 fully saturated rings. The molecule has 1 rings (SSSR count). The van der Waals surface area contributed by atoms with Gasteiger partial charge in [-0.25, -0.2) is 0 Å². The van der Waals surface area contributed by atoms with Gasteiger partial charge in [-0.15, -0.1) is 0 Å². The highest BCUT2D eigenvalue weighted by Gasteiger charge is 2.12. The third-order valence-electron chi connectivity index (χ3n) is 1.61. The molecule has 0 bridgehead atoms. The summed E-state index contributed by atoms with van der Waals surface area (Å²) in [5.74, 6) is 1.13. The molecule has 0 aliphatic carbocycles. The van der Waals surface area contributed by atoms with Crippen LogP contribution < -0.4 is 9.39 Å². The van der Waals surface area contributed by atoms with Gasteiger partial charge in [-0.2, -0.15) is 0 Å². The van der Waals surface area contributed by atoms with E-state index in [1.54, 1.807) is 32.2 Å². The third-order valence-corrected chi connectivity index (χ3v) is 1.61. The SMILES string of the molecule is COc1ccc(OB(O)O)c(C)c1. The molecule has 0 atom stereocenters. The second-order valence-corrected chi connectivity index (χ2v) is 2.58. The number of benzene rings is 1. The molecule has 0 saturated carbocycles. The van der Waals surface area contributed by atoms with Crippen LogP contribution >= 0.6 is 0 Å². The van der Waals surface area contributed by atoms with Crippen molar-refractivity contribution < 1.29 is 19.4 Å². The zero-order valence-corrected chi connectivity index (χ0v) is 7.52. The van der Waals surface area contributed by atoms with Gasteiger partial charge in [0.15, 0.2) is 0 Å². The predicted octanol–water partition coefficient (Wildman–Crippen LogP) is 0.352. The van der Waals surface area contributed by atoms with Crippen molar-refractivity contribution in [2.75, 3.05) is 7.11 Å². The van der Waals surface area contributed by atoms with Gasteiger partial charge < -0.3 is 19.4 Å². The smallest absolute Gasteiger partial charge is 0.512 e. The Balaban J connectivity index is 2.85. The minimum atomic E-state index is -1.79. The zero-order chi connectivity index (χ0) is 9.84. The molecule has 4 nitrogen and oxygen atoms in total. The number of methoxy groups -OCH3 is 1. The molecule has 0 spiro atoms. The molecule has 13 heavy (non-hydrogen) atoms. The Hall–Kier alpha value is -1.20. The number of hydrogen-bond acceptors (Lipinski definition) is 4. The zero-order valence-electron chi connectivity index (χ0n) is 7.52. The van der Waals surface area contributed by atoms with Crippen LogP contribution in [0.15, 0.2) is 18.2 Å². The number of aryl methyl sites for hydroxylation is 1. The second-order valence-electron chi connectivity index (χ2n) is 2.58. The van der Waals surface area contributed by atoms with E-state index in [0.717, 1.165) is 5.56 Å². The molecular formula is C8H11BO4. The Morgan fingerprint density at radius 2 is 2.00 bits per heavy atom. The van der Waals surface area contributed by atoms with Gasteiger partial charge in [0.25, 0.3) is 0 Å². The van der Waals surface area contributed by atoms with Crippen molar-refractivity contribution in [1.82, 2.24) is 0 Å². The van der Waals surface area contributed by atoms with Crippen LogP contribution in [-0.4, -0.2) is 24.5 Å². The lowest BCUT2D eigenvalue weighted by Crippen LogP contribution is -2.20. The maximum absolute atomic E-state index is 8.56. The molecule has 1 aromatic carbocycles. The summed E-state index contributed by atoms with van der Waals surface area (Å²) in [5, 5.41) is 17.1. The predicted molar refractivity (Wildman–Crippen MR) is 48.6 cm³/mol. The van der Waals surface area contributed by atoms with Crippen LogP contribution in [0.3, 0.4) is 0 Å².